The fraction of sp³-hybridized carbons (Fsp3) is 0.226. The highest BCUT2D eigenvalue weighted by Gasteiger charge is 2.21. The number of benzene rings is 3. The molecular weight excluding hydrogens is 468 g/mol. The maximum Gasteiger partial charge on any atom is 0.331 e. The van der Waals surface area contributed by atoms with Crippen molar-refractivity contribution in [2.24, 2.45) is 0 Å². The zero-order valence-corrected chi connectivity index (χ0v) is 21.2. The molecule has 0 amide bonds. The molecule has 0 saturated heterocycles. The molecule has 1 heterocycles. The summed E-state index contributed by atoms with van der Waals surface area (Å²) in [6.07, 6.45) is 6.82. The second-order valence-corrected chi connectivity index (χ2v) is 9.34. The van der Waals surface area contributed by atoms with Gasteiger partial charge in [0, 0.05) is 22.9 Å². The van der Waals surface area contributed by atoms with Crippen molar-refractivity contribution in [2.75, 3.05) is 0 Å². The van der Waals surface area contributed by atoms with Gasteiger partial charge in [0.05, 0.1) is 18.4 Å². The van der Waals surface area contributed by atoms with Gasteiger partial charge in [-0.25, -0.2) is 9.78 Å². The summed E-state index contributed by atoms with van der Waals surface area (Å²) >= 11 is 6.47. The van der Waals surface area contributed by atoms with E-state index < -0.39 is 5.97 Å². The van der Waals surface area contributed by atoms with E-state index in [9.17, 15) is 9.90 Å². The van der Waals surface area contributed by atoms with Crippen molar-refractivity contribution in [3.05, 3.63) is 130 Å². The van der Waals surface area contributed by atoms with Gasteiger partial charge in [-0.15, -0.1) is 0 Å². The minimum atomic E-state index is -0.924. The number of imidazole rings is 1. The minimum absolute atomic E-state index is 0.0748. The zero-order valence-electron chi connectivity index (χ0n) is 20.5. The van der Waals surface area contributed by atoms with Crippen LogP contribution in [-0.4, -0.2) is 20.6 Å². The Morgan fingerprint density at radius 1 is 0.972 bits per heavy atom. The van der Waals surface area contributed by atoms with Gasteiger partial charge in [-0.1, -0.05) is 104 Å². The van der Waals surface area contributed by atoms with Crippen molar-refractivity contribution < 1.29 is 9.90 Å². The lowest BCUT2D eigenvalue weighted by Crippen LogP contribution is -2.11. The third kappa shape index (κ3) is 6.32. The lowest BCUT2D eigenvalue weighted by Gasteiger charge is -2.19. The van der Waals surface area contributed by atoms with Crippen LogP contribution in [0.25, 0.3) is 6.08 Å². The van der Waals surface area contributed by atoms with Crippen LogP contribution in [0.15, 0.2) is 96.7 Å². The minimum Gasteiger partial charge on any atom is -0.478 e. The lowest BCUT2D eigenvalue weighted by atomic mass is 9.85. The van der Waals surface area contributed by atoms with E-state index in [1.54, 1.807) is 12.3 Å². The second kappa shape index (κ2) is 12.4. The van der Waals surface area contributed by atoms with E-state index in [0.29, 0.717) is 23.6 Å². The molecule has 36 heavy (non-hydrogen) atoms. The number of unbranched alkanes of at least 4 members (excludes halogenated alkanes) is 1. The van der Waals surface area contributed by atoms with Crippen molar-refractivity contribution >= 4 is 23.6 Å². The number of aliphatic carboxylic acids is 1. The molecule has 0 fully saturated rings. The Morgan fingerprint density at radius 2 is 1.58 bits per heavy atom. The van der Waals surface area contributed by atoms with Gasteiger partial charge in [0.15, 0.2) is 0 Å². The fourth-order valence-electron chi connectivity index (χ4n) is 4.46. The van der Waals surface area contributed by atoms with Crippen LogP contribution in [0.5, 0.6) is 0 Å². The summed E-state index contributed by atoms with van der Waals surface area (Å²) in [7, 11) is 0. The highest BCUT2D eigenvalue weighted by atomic mass is 35.5. The number of hydrogen-bond donors (Lipinski definition) is 1. The molecule has 1 N–H and O–H groups in total. The fourth-order valence-corrected chi connectivity index (χ4v) is 4.66. The van der Waals surface area contributed by atoms with Gasteiger partial charge in [0.1, 0.15) is 5.82 Å². The van der Waals surface area contributed by atoms with E-state index in [1.165, 1.54) is 0 Å². The van der Waals surface area contributed by atoms with Gasteiger partial charge in [0.25, 0.3) is 0 Å². The Morgan fingerprint density at radius 3 is 2.17 bits per heavy atom. The van der Waals surface area contributed by atoms with Crippen molar-refractivity contribution in [2.45, 2.75) is 45.1 Å². The molecule has 0 atom stereocenters. The zero-order chi connectivity index (χ0) is 25.3. The Labute approximate surface area is 217 Å². The van der Waals surface area contributed by atoms with Crippen molar-refractivity contribution in [3.63, 3.8) is 0 Å². The number of aromatic nitrogens is 2. The van der Waals surface area contributed by atoms with Crippen molar-refractivity contribution in [3.8, 4) is 0 Å². The summed E-state index contributed by atoms with van der Waals surface area (Å²) in [6.45, 7) is 2.69. The predicted molar refractivity (Wildman–Crippen MR) is 146 cm³/mol. The van der Waals surface area contributed by atoms with Gasteiger partial charge in [-0.3, -0.25) is 0 Å². The molecule has 0 aliphatic heterocycles. The molecule has 184 valence electrons. The number of hydrogen-bond acceptors (Lipinski definition) is 2. The molecule has 0 radical (unpaired) electrons. The number of carboxylic acids is 1. The topological polar surface area (TPSA) is 55.1 Å². The van der Waals surface area contributed by atoms with Gasteiger partial charge >= 0.3 is 5.97 Å². The highest BCUT2D eigenvalue weighted by Crippen LogP contribution is 2.32. The maximum atomic E-state index is 12.5. The first-order chi connectivity index (χ1) is 17.6. The highest BCUT2D eigenvalue weighted by molar-refractivity contribution is 6.31. The summed E-state index contributed by atoms with van der Waals surface area (Å²) in [5.41, 5.74) is 4.27. The van der Waals surface area contributed by atoms with Gasteiger partial charge in [-0.2, -0.15) is 0 Å². The molecule has 0 saturated carbocycles. The molecule has 4 rings (SSSR count). The van der Waals surface area contributed by atoms with Crippen LogP contribution in [0.2, 0.25) is 5.02 Å². The van der Waals surface area contributed by atoms with Crippen LogP contribution in [-0.2, 0) is 17.8 Å². The monoisotopic (exact) mass is 498 g/mol. The van der Waals surface area contributed by atoms with E-state index in [0.717, 1.165) is 47.5 Å². The van der Waals surface area contributed by atoms with E-state index >= 15 is 0 Å². The first kappa shape index (κ1) is 25.5. The van der Waals surface area contributed by atoms with Crippen LogP contribution in [0.3, 0.4) is 0 Å². The van der Waals surface area contributed by atoms with Crippen molar-refractivity contribution in [1.82, 2.24) is 9.55 Å². The first-order valence-corrected chi connectivity index (χ1v) is 12.8. The number of rotatable bonds is 11. The molecule has 0 unspecified atom stereocenters. The lowest BCUT2D eigenvalue weighted by molar-refractivity contribution is -0.132. The number of carbonyl (C=O) groups is 1. The number of aryl methyl sites for hydroxylation is 1. The summed E-state index contributed by atoms with van der Waals surface area (Å²) in [5.74, 6) is -0.0582. The van der Waals surface area contributed by atoms with E-state index in [1.807, 2.05) is 60.7 Å². The van der Waals surface area contributed by atoms with E-state index in [4.69, 9.17) is 11.6 Å². The van der Waals surface area contributed by atoms with Crippen LogP contribution >= 0.6 is 11.6 Å². The third-order valence-electron chi connectivity index (χ3n) is 6.43. The first-order valence-electron chi connectivity index (χ1n) is 12.4. The number of nitrogens with zero attached hydrogens (tertiary/aromatic N) is 2. The average molecular weight is 499 g/mol. The summed E-state index contributed by atoms with van der Waals surface area (Å²) in [6, 6.07) is 27.9. The van der Waals surface area contributed by atoms with Gasteiger partial charge < -0.3 is 9.67 Å². The Balaban J connectivity index is 1.74. The van der Waals surface area contributed by atoms with E-state index in [-0.39, 0.29) is 5.92 Å². The standard InChI is InChI=1S/C31H31ClN2O2/c1-2-3-18-30-33-21-27(34(30)22-25-16-10-11-17-29(25)32)19-26(31(35)36)20-28(23-12-6-4-7-13-23)24-14-8-5-9-15-24/h4-17,19,21,28H,2-3,18,20,22H2,1H3,(H,35,36)/b26-19+. The molecule has 0 spiro atoms. The quantitative estimate of drug-likeness (QED) is 0.216. The predicted octanol–water partition coefficient (Wildman–Crippen LogP) is 7.62. The second-order valence-electron chi connectivity index (χ2n) is 8.93. The maximum absolute atomic E-state index is 12.5. The number of carboxylic acid groups (broad SMARTS) is 1. The molecule has 5 heteroatoms. The molecular formula is C31H31ClN2O2. The van der Waals surface area contributed by atoms with Crippen molar-refractivity contribution in [1.29, 1.82) is 0 Å². The van der Waals surface area contributed by atoms with Crippen LogP contribution < -0.4 is 0 Å². The molecule has 0 aliphatic carbocycles. The molecule has 4 nitrogen and oxygen atoms in total. The summed E-state index contributed by atoms with van der Waals surface area (Å²) in [5, 5.41) is 10.9. The number of halogens is 1. The molecule has 4 aromatic rings. The normalized spacial score (nSPS) is 11.7. The van der Waals surface area contributed by atoms with Crippen LogP contribution in [0.4, 0.5) is 0 Å². The molecule has 1 aromatic heterocycles. The largest absolute Gasteiger partial charge is 0.478 e. The van der Waals surface area contributed by atoms with Crippen LogP contribution in [0.1, 0.15) is 60.3 Å². The van der Waals surface area contributed by atoms with Gasteiger partial charge in [-0.05, 0) is 41.7 Å². The third-order valence-corrected chi connectivity index (χ3v) is 6.80. The SMILES string of the molecule is CCCCc1ncc(/C=C(\CC(c2ccccc2)c2ccccc2)C(=O)O)n1Cc1ccccc1Cl. The molecule has 0 bridgehead atoms. The summed E-state index contributed by atoms with van der Waals surface area (Å²) < 4.78 is 2.10. The average Bonchev–Trinajstić information content (AvgIpc) is 3.28. The van der Waals surface area contributed by atoms with Crippen LogP contribution in [0, 0.1) is 0 Å². The molecule has 3 aromatic carbocycles. The Hall–Kier alpha value is -3.63. The molecule has 0 aliphatic rings. The van der Waals surface area contributed by atoms with Gasteiger partial charge in [0.2, 0.25) is 0 Å². The smallest absolute Gasteiger partial charge is 0.331 e. The Kier molecular flexibility index (Phi) is 8.75. The van der Waals surface area contributed by atoms with E-state index in [2.05, 4.69) is 40.7 Å². The Bertz CT molecular complexity index is 1270. The summed E-state index contributed by atoms with van der Waals surface area (Å²) in [4.78, 5) is 17.2.